The second-order valence-electron chi connectivity index (χ2n) is 5.31. The molecule has 1 aromatic carbocycles. The molecule has 0 unspecified atom stereocenters. The summed E-state index contributed by atoms with van der Waals surface area (Å²) in [5, 5.41) is 15.0. The molecule has 2 aromatic heterocycles. The number of aromatic nitrogens is 3. The van der Waals surface area contributed by atoms with Gasteiger partial charge in [0, 0.05) is 30.1 Å². The van der Waals surface area contributed by atoms with Crippen molar-refractivity contribution in [1.82, 2.24) is 15.2 Å². The minimum absolute atomic E-state index is 0.615. The number of aromatic amines is 1. The van der Waals surface area contributed by atoms with Crippen molar-refractivity contribution in [3.8, 4) is 0 Å². The van der Waals surface area contributed by atoms with Gasteiger partial charge in [-0.2, -0.15) is 0 Å². The van der Waals surface area contributed by atoms with Crippen LogP contribution in [-0.2, 0) is 13.0 Å². The van der Waals surface area contributed by atoms with E-state index >= 15 is 0 Å². The smallest absolute Gasteiger partial charge is 0.205 e. The van der Waals surface area contributed by atoms with Crippen LogP contribution in [-0.4, -0.2) is 15.2 Å². The van der Waals surface area contributed by atoms with Gasteiger partial charge in [0.15, 0.2) is 0 Å². The molecule has 5 heteroatoms. The zero-order chi connectivity index (χ0) is 13.9. The van der Waals surface area contributed by atoms with Crippen LogP contribution in [0.4, 0.5) is 5.13 Å². The van der Waals surface area contributed by atoms with Gasteiger partial charge in [-0.1, -0.05) is 43.4 Å². The molecule has 104 valence electrons. The Balaban J connectivity index is 1.68. The number of nitrogens with one attached hydrogen (secondary N) is 2. The lowest BCUT2D eigenvalue weighted by atomic mass is 10.1. The zero-order valence-corrected chi connectivity index (χ0v) is 12.5. The van der Waals surface area contributed by atoms with Gasteiger partial charge in [-0.25, -0.2) is 0 Å². The van der Waals surface area contributed by atoms with Crippen LogP contribution in [0.1, 0.15) is 24.4 Å². The molecule has 0 aliphatic heterocycles. The van der Waals surface area contributed by atoms with Crippen LogP contribution >= 0.6 is 11.3 Å². The Labute approximate surface area is 122 Å². The summed E-state index contributed by atoms with van der Waals surface area (Å²) < 4.78 is 0. The van der Waals surface area contributed by atoms with E-state index in [2.05, 4.69) is 52.5 Å². The largest absolute Gasteiger partial charge is 0.361 e. The Bertz CT molecular complexity index is 699. The Morgan fingerprint density at radius 2 is 2.10 bits per heavy atom. The number of fused-ring (bicyclic) bond motifs is 1. The van der Waals surface area contributed by atoms with Gasteiger partial charge in [0.05, 0.1) is 0 Å². The zero-order valence-electron chi connectivity index (χ0n) is 11.7. The highest BCUT2D eigenvalue weighted by molar-refractivity contribution is 7.15. The highest BCUT2D eigenvalue weighted by Gasteiger charge is 2.07. The van der Waals surface area contributed by atoms with Gasteiger partial charge in [0.25, 0.3) is 0 Å². The maximum absolute atomic E-state index is 4.22. The van der Waals surface area contributed by atoms with Gasteiger partial charge in [-0.05, 0) is 17.5 Å². The molecule has 0 saturated heterocycles. The molecule has 0 saturated carbocycles. The Morgan fingerprint density at radius 3 is 2.95 bits per heavy atom. The predicted molar refractivity (Wildman–Crippen MR) is 84.1 cm³/mol. The number of benzene rings is 1. The Hall–Kier alpha value is -1.88. The van der Waals surface area contributed by atoms with Gasteiger partial charge in [0.1, 0.15) is 5.01 Å². The molecule has 0 radical (unpaired) electrons. The van der Waals surface area contributed by atoms with Crippen molar-refractivity contribution in [2.24, 2.45) is 5.92 Å². The van der Waals surface area contributed by atoms with Crippen LogP contribution in [0.15, 0.2) is 30.5 Å². The molecule has 0 aliphatic rings. The van der Waals surface area contributed by atoms with Crippen molar-refractivity contribution in [2.75, 3.05) is 5.32 Å². The summed E-state index contributed by atoms with van der Waals surface area (Å²) >= 11 is 1.64. The standard InChI is InChI=1S/C15H18N4S/c1-10(2)7-14-18-19-15(20-14)17-9-11-8-16-13-6-4-3-5-12(11)13/h3-6,8,10,16H,7,9H2,1-2H3,(H,17,19). The predicted octanol–water partition coefficient (Wildman–Crippen LogP) is 3.83. The Morgan fingerprint density at radius 1 is 1.25 bits per heavy atom. The van der Waals surface area contributed by atoms with E-state index in [9.17, 15) is 0 Å². The van der Waals surface area contributed by atoms with Gasteiger partial charge < -0.3 is 10.3 Å². The van der Waals surface area contributed by atoms with Crippen LogP contribution in [0.25, 0.3) is 10.9 Å². The molecule has 2 N–H and O–H groups in total. The highest BCUT2D eigenvalue weighted by Crippen LogP contribution is 2.21. The second-order valence-corrected chi connectivity index (χ2v) is 6.37. The number of H-pyrrole nitrogens is 1. The maximum atomic E-state index is 4.22. The third kappa shape index (κ3) is 2.82. The fraction of sp³-hybridized carbons (Fsp3) is 0.333. The lowest BCUT2D eigenvalue weighted by molar-refractivity contribution is 0.640. The fourth-order valence-electron chi connectivity index (χ4n) is 2.21. The van der Waals surface area contributed by atoms with Crippen molar-refractivity contribution in [2.45, 2.75) is 26.8 Å². The molecular weight excluding hydrogens is 268 g/mol. The van der Waals surface area contributed by atoms with E-state index in [1.165, 1.54) is 16.5 Å². The SMILES string of the molecule is CC(C)Cc1nnc(NCc2c[nH]c3ccccc23)s1. The lowest BCUT2D eigenvalue weighted by Crippen LogP contribution is -1.97. The lowest BCUT2D eigenvalue weighted by Gasteiger charge is -2.00. The van der Waals surface area contributed by atoms with Crippen molar-refractivity contribution in [3.05, 3.63) is 41.0 Å². The first-order valence-corrected chi connectivity index (χ1v) is 7.65. The minimum Gasteiger partial charge on any atom is -0.361 e. The number of hydrogen-bond acceptors (Lipinski definition) is 4. The molecule has 3 rings (SSSR count). The van der Waals surface area contributed by atoms with Gasteiger partial charge in [0.2, 0.25) is 5.13 Å². The minimum atomic E-state index is 0.615. The monoisotopic (exact) mass is 286 g/mol. The van der Waals surface area contributed by atoms with Crippen molar-refractivity contribution >= 4 is 27.4 Å². The molecule has 0 aliphatic carbocycles. The number of anilines is 1. The number of para-hydroxylation sites is 1. The van der Waals surface area contributed by atoms with Crippen molar-refractivity contribution < 1.29 is 0 Å². The first kappa shape index (κ1) is 13.1. The summed E-state index contributed by atoms with van der Waals surface area (Å²) in [5.74, 6) is 0.615. The molecule has 0 fully saturated rings. The van der Waals surface area contributed by atoms with Gasteiger partial charge in [-0.15, -0.1) is 10.2 Å². The van der Waals surface area contributed by atoms with Gasteiger partial charge in [-0.3, -0.25) is 0 Å². The summed E-state index contributed by atoms with van der Waals surface area (Å²) in [6.07, 6.45) is 3.04. The average molecular weight is 286 g/mol. The molecule has 0 amide bonds. The molecular formula is C15H18N4S. The number of hydrogen-bond donors (Lipinski definition) is 2. The maximum Gasteiger partial charge on any atom is 0.205 e. The van der Waals surface area contributed by atoms with E-state index in [0.717, 1.165) is 23.1 Å². The average Bonchev–Trinajstić information content (AvgIpc) is 3.02. The molecule has 0 atom stereocenters. The van der Waals surface area contributed by atoms with Crippen LogP contribution in [0.2, 0.25) is 0 Å². The Kier molecular flexibility index (Phi) is 3.69. The number of nitrogens with zero attached hydrogens (tertiary/aromatic N) is 2. The van der Waals surface area contributed by atoms with Crippen LogP contribution in [0, 0.1) is 5.92 Å². The summed E-state index contributed by atoms with van der Waals surface area (Å²) in [5.41, 5.74) is 2.42. The van der Waals surface area contributed by atoms with E-state index in [1.807, 2.05) is 12.3 Å². The van der Waals surface area contributed by atoms with E-state index in [0.29, 0.717) is 5.92 Å². The van der Waals surface area contributed by atoms with E-state index < -0.39 is 0 Å². The van der Waals surface area contributed by atoms with E-state index in [-0.39, 0.29) is 0 Å². The topological polar surface area (TPSA) is 53.6 Å². The van der Waals surface area contributed by atoms with Crippen molar-refractivity contribution in [1.29, 1.82) is 0 Å². The van der Waals surface area contributed by atoms with E-state index in [4.69, 9.17) is 0 Å². The third-order valence-corrected chi connectivity index (χ3v) is 4.06. The first-order chi connectivity index (χ1) is 9.72. The van der Waals surface area contributed by atoms with E-state index in [1.54, 1.807) is 11.3 Å². The normalized spacial score (nSPS) is 11.3. The molecule has 0 bridgehead atoms. The molecule has 0 spiro atoms. The fourth-order valence-corrected chi connectivity index (χ4v) is 3.15. The third-order valence-electron chi connectivity index (χ3n) is 3.15. The number of rotatable bonds is 5. The summed E-state index contributed by atoms with van der Waals surface area (Å²) in [7, 11) is 0. The molecule has 2 heterocycles. The summed E-state index contributed by atoms with van der Waals surface area (Å²) in [6, 6.07) is 8.32. The molecule has 4 nitrogen and oxygen atoms in total. The highest BCUT2D eigenvalue weighted by atomic mass is 32.1. The van der Waals surface area contributed by atoms with Gasteiger partial charge >= 0.3 is 0 Å². The molecule has 20 heavy (non-hydrogen) atoms. The quantitative estimate of drug-likeness (QED) is 0.749. The van der Waals surface area contributed by atoms with Crippen LogP contribution in [0.5, 0.6) is 0 Å². The summed E-state index contributed by atoms with van der Waals surface area (Å²) in [6.45, 7) is 5.15. The molecule has 3 aromatic rings. The van der Waals surface area contributed by atoms with Crippen molar-refractivity contribution in [3.63, 3.8) is 0 Å². The second kappa shape index (κ2) is 5.63. The summed E-state index contributed by atoms with van der Waals surface area (Å²) in [4.78, 5) is 3.28. The van der Waals surface area contributed by atoms with Crippen LogP contribution in [0.3, 0.4) is 0 Å². The van der Waals surface area contributed by atoms with Crippen LogP contribution < -0.4 is 5.32 Å². The first-order valence-electron chi connectivity index (χ1n) is 6.83.